The average Bonchev–Trinajstić information content (AvgIpc) is 3.10. The third-order valence-corrected chi connectivity index (χ3v) is 4.62. The summed E-state index contributed by atoms with van der Waals surface area (Å²) in [6.07, 6.45) is 3.07. The van der Waals surface area contributed by atoms with Crippen LogP contribution in [0.15, 0.2) is 12.1 Å². The van der Waals surface area contributed by atoms with E-state index in [0.29, 0.717) is 27.1 Å². The van der Waals surface area contributed by atoms with Crippen LogP contribution in [0.4, 0.5) is 5.69 Å². The van der Waals surface area contributed by atoms with Gasteiger partial charge in [0.1, 0.15) is 0 Å². The second-order valence-corrected chi connectivity index (χ2v) is 5.92. The largest absolute Gasteiger partial charge is 0.399 e. The highest BCUT2D eigenvalue weighted by Crippen LogP contribution is 2.38. The van der Waals surface area contributed by atoms with E-state index in [1.165, 1.54) is 0 Å². The standard InChI is InChI=1S/C13H15Cl2N5O/c1-21-9-3-2-8(6-9)20-13(17-18-19-20)10-4-7(16)5-11(14)12(10)15/h4-5,8-9H,2-3,6,16H2,1H3. The summed E-state index contributed by atoms with van der Waals surface area (Å²) in [6, 6.07) is 3.54. The van der Waals surface area contributed by atoms with Gasteiger partial charge in [-0.05, 0) is 41.8 Å². The van der Waals surface area contributed by atoms with Crippen LogP contribution in [0, 0.1) is 0 Å². The summed E-state index contributed by atoms with van der Waals surface area (Å²) in [5.41, 5.74) is 7.01. The summed E-state index contributed by atoms with van der Waals surface area (Å²) in [5.74, 6) is 0.580. The van der Waals surface area contributed by atoms with E-state index in [4.69, 9.17) is 33.7 Å². The van der Waals surface area contributed by atoms with Crippen LogP contribution in [0.5, 0.6) is 0 Å². The summed E-state index contributed by atoms with van der Waals surface area (Å²) in [4.78, 5) is 0. The number of aromatic nitrogens is 4. The Hall–Kier alpha value is -1.37. The fourth-order valence-electron chi connectivity index (χ4n) is 2.74. The van der Waals surface area contributed by atoms with E-state index in [1.54, 1.807) is 23.9 Å². The zero-order valence-electron chi connectivity index (χ0n) is 11.5. The molecule has 0 radical (unpaired) electrons. The molecular weight excluding hydrogens is 313 g/mol. The zero-order valence-corrected chi connectivity index (χ0v) is 13.0. The summed E-state index contributed by atoms with van der Waals surface area (Å²) in [7, 11) is 1.72. The summed E-state index contributed by atoms with van der Waals surface area (Å²) in [6.45, 7) is 0. The molecule has 2 aromatic rings. The number of hydrogen-bond acceptors (Lipinski definition) is 5. The smallest absolute Gasteiger partial charge is 0.183 e. The van der Waals surface area contributed by atoms with E-state index in [-0.39, 0.29) is 12.1 Å². The molecule has 1 aliphatic carbocycles. The Morgan fingerprint density at radius 3 is 2.86 bits per heavy atom. The molecule has 1 fully saturated rings. The number of methoxy groups -OCH3 is 1. The van der Waals surface area contributed by atoms with Gasteiger partial charge in [0.25, 0.3) is 0 Å². The van der Waals surface area contributed by atoms with Gasteiger partial charge < -0.3 is 10.5 Å². The first-order valence-corrected chi connectivity index (χ1v) is 7.41. The van der Waals surface area contributed by atoms with Gasteiger partial charge in [0.05, 0.1) is 22.2 Å². The lowest BCUT2D eigenvalue weighted by Crippen LogP contribution is -2.12. The Bertz CT molecular complexity index is 660. The molecule has 0 aliphatic heterocycles. The van der Waals surface area contributed by atoms with Crippen molar-refractivity contribution in [3.05, 3.63) is 22.2 Å². The van der Waals surface area contributed by atoms with E-state index in [1.807, 2.05) is 0 Å². The Morgan fingerprint density at radius 1 is 1.33 bits per heavy atom. The Labute approximate surface area is 132 Å². The van der Waals surface area contributed by atoms with Crippen molar-refractivity contribution in [2.24, 2.45) is 0 Å². The van der Waals surface area contributed by atoms with Crippen LogP contribution < -0.4 is 5.73 Å². The predicted octanol–water partition coefficient (Wildman–Crippen LogP) is 2.97. The minimum Gasteiger partial charge on any atom is -0.399 e. The van der Waals surface area contributed by atoms with Crippen molar-refractivity contribution in [3.8, 4) is 11.4 Å². The van der Waals surface area contributed by atoms with E-state index in [2.05, 4.69) is 15.5 Å². The first-order chi connectivity index (χ1) is 10.1. The molecule has 0 saturated heterocycles. The minimum atomic E-state index is 0.191. The summed E-state index contributed by atoms with van der Waals surface area (Å²) < 4.78 is 7.19. The molecule has 0 bridgehead atoms. The number of rotatable bonds is 3. The van der Waals surface area contributed by atoms with Gasteiger partial charge >= 0.3 is 0 Å². The molecule has 0 amide bonds. The minimum absolute atomic E-state index is 0.191. The number of tetrazole rings is 1. The molecule has 3 rings (SSSR count). The molecule has 1 heterocycles. The summed E-state index contributed by atoms with van der Waals surface area (Å²) in [5, 5.41) is 12.8. The second-order valence-electron chi connectivity index (χ2n) is 5.14. The fourth-order valence-corrected chi connectivity index (χ4v) is 3.16. The van der Waals surface area contributed by atoms with Crippen molar-refractivity contribution in [2.75, 3.05) is 12.8 Å². The normalized spacial score (nSPS) is 21.9. The maximum atomic E-state index is 6.27. The molecular formula is C13H15Cl2N5O. The quantitative estimate of drug-likeness (QED) is 0.876. The SMILES string of the molecule is COC1CCC(n2nnnc2-c2cc(N)cc(Cl)c2Cl)C1. The Balaban J connectivity index is 2.00. The number of anilines is 1. The van der Waals surface area contributed by atoms with E-state index in [9.17, 15) is 0 Å². The van der Waals surface area contributed by atoms with E-state index >= 15 is 0 Å². The topological polar surface area (TPSA) is 78.8 Å². The van der Waals surface area contributed by atoms with Gasteiger partial charge in [-0.15, -0.1) is 5.10 Å². The van der Waals surface area contributed by atoms with Crippen LogP contribution in [-0.2, 0) is 4.74 Å². The maximum absolute atomic E-state index is 6.27. The first-order valence-electron chi connectivity index (χ1n) is 6.65. The molecule has 6 nitrogen and oxygen atoms in total. The number of nitrogens with zero attached hydrogens (tertiary/aromatic N) is 4. The van der Waals surface area contributed by atoms with Gasteiger partial charge in [0.2, 0.25) is 0 Å². The van der Waals surface area contributed by atoms with E-state index in [0.717, 1.165) is 19.3 Å². The molecule has 2 unspecified atom stereocenters. The van der Waals surface area contributed by atoms with Gasteiger partial charge in [-0.25, -0.2) is 4.68 Å². The number of halogens is 2. The Kier molecular flexibility index (Phi) is 4.01. The van der Waals surface area contributed by atoms with Gasteiger partial charge in [-0.1, -0.05) is 23.2 Å². The molecule has 1 saturated carbocycles. The van der Waals surface area contributed by atoms with Gasteiger partial charge in [-0.2, -0.15) is 0 Å². The second kappa shape index (κ2) is 5.79. The zero-order chi connectivity index (χ0) is 15.0. The Morgan fingerprint density at radius 2 is 2.14 bits per heavy atom. The van der Waals surface area contributed by atoms with Crippen molar-refractivity contribution in [2.45, 2.75) is 31.4 Å². The summed E-state index contributed by atoms with van der Waals surface area (Å²) >= 11 is 12.4. The van der Waals surface area contributed by atoms with Crippen molar-refractivity contribution >= 4 is 28.9 Å². The van der Waals surface area contributed by atoms with E-state index < -0.39 is 0 Å². The van der Waals surface area contributed by atoms with Crippen molar-refractivity contribution < 1.29 is 4.74 Å². The molecule has 0 spiro atoms. The lowest BCUT2D eigenvalue weighted by Gasteiger charge is -2.14. The number of ether oxygens (including phenoxy) is 1. The third kappa shape index (κ3) is 2.71. The van der Waals surface area contributed by atoms with Crippen LogP contribution >= 0.6 is 23.2 Å². The molecule has 2 N–H and O–H groups in total. The molecule has 21 heavy (non-hydrogen) atoms. The average molecular weight is 328 g/mol. The highest BCUT2D eigenvalue weighted by Gasteiger charge is 2.29. The molecule has 8 heteroatoms. The van der Waals surface area contributed by atoms with Gasteiger partial charge in [-0.3, -0.25) is 0 Å². The maximum Gasteiger partial charge on any atom is 0.183 e. The first kappa shape index (κ1) is 14.6. The van der Waals surface area contributed by atoms with Gasteiger partial charge in [0, 0.05) is 18.4 Å². The predicted molar refractivity (Wildman–Crippen MR) is 81.4 cm³/mol. The number of nitrogens with two attached hydrogens (primary N) is 1. The number of nitrogen functional groups attached to an aromatic ring is 1. The van der Waals surface area contributed by atoms with Crippen molar-refractivity contribution in [1.82, 2.24) is 20.2 Å². The van der Waals surface area contributed by atoms with Crippen LogP contribution in [-0.4, -0.2) is 33.4 Å². The monoisotopic (exact) mass is 327 g/mol. The molecule has 2 atom stereocenters. The highest BCUT2D eigenvalue weighted by molar-refractivity contribution is 6.43. The van der Waals surface area contributed by atoms with Crippen LogP contribution in [0.3, 0.4) is 0 Å². The molecule has 1 aromatic heterocycles. The molecule has 1 aliphatic rings. The van der Waals surface area contributed by atoms with Crippen LogP contribution in [0.2, 0.25) is 10.0 Å². The highest BCUT2D eigenvalue weighted by atomic mass is 35.5. The van der Waals surface area contributed by atoms with Crippen LogP contribution in [0.25, 0.3) is 11.4 Å². The molecule has 1 aromatic carbocycles. The lowest BCUT2D eigenvalue weighted by molar-refractivity contribution is 0.105. The van der Waals surface area contributed by atoms with Crippen molar-refractivity contribution in [1.29, 1.82) is 0 Å². The fraction of sp³-hybridized carbons (Fsp3) is 0.462. The number of benzene rings is 1. The number of hydrogen-bond donors (Lipinski definition) is 1. The van der Waals surface area contributed by atoms with Crippen molar-refractivity contribution in [3.63, 3.8) is 0 Å². The third-order valence-electron chi connectivity index (χ3n) is 3.82. The van der Waals surface area contributed by atoms with Gasteiger partial charge in [0.15, 0.2) is 5.82 Å². The lowest BCUT2D eigenvalue weighted by atomic mass is 10.1. The van der Waals surface area contributed by atoms with Crippen LogP contribution in [0.1, 0.15) is 25.3 Å². The molecule has 112 valence electrons.